The highest BCUT2D eigenvalue weighted by Crippen LogP contribution is 2.15. The monoisotopic (exact) mass is 408 g/mol. The Morgan fingerprint density at radius 2 is 1.87 bits per heavy atom. The van der Waals surface area contributed by atoms with E-state index >= 15 is 0 Å². The summed E-state index contributed by atoms with van der Waals surface area (Å²) in [6, 6.07) is 14.2. The fourth-order valence-corrected chi connectivity index (χ4v) is 3.84. The van der Waals surface area contributed by atoms with Crippen molar-refractivity contribution in [3.8, 4) is 0 Å². The number of aromatic nitrogens is 1. The van der Waals surface area contributed by atoms with Crippen LogP contribution >= 0.6 is 0 Å². The summed E-state index contributed by atoms with van der Waals surface area (Å²) >= 11 is 0. The van der Waals surface area contributed by atoms with Gasteiger partial charge in [-0.3, -0.25) is 19.5 Å². The molecule has 2 heterocycles. The minimum absolute atomic E-state index is 0.0554. The molecule has 0 aliphatic carbocycles. The van der Waals surface area contributed by atoms with Crippen LogP contribution in [0.25, 0.3) is 0 Å². The summed E-state index contributed by atoms with van der Waals surface area (Å²) in [6.45, 7) is 3.59. The summed E-state index contributed by atoms with van der Waals surface area (Å²) in [5.74, 6) is 0.0851. The summed E-state index contributed by atoms with van der Waals surface area (Å²) in [4.78, 5) is 31.3. The third-order valence-corrected chi connectivity index (χ3v) is 5.58. The van der Waals surface area contributed by atoms with E-state index in [0.717, 1.165) is 38.9 Å². The van der Waals surface area contributed by atoms with Crippen molar-refractivity contribution in [1.82, 2.24) is 20.5 Å². The number of hydrogen-bond acceptors (Lipinski definition) is 4. The van der Waals surface area contributed by atoms with E-state index in [1.807, 2.05) is 30.3 Å². The third kappa shape index (κ3) is 7.59. The summed E-state index contributed by atoms with van der Waals surface area (Å²) in [7, 11) is 0. The van der Waals surface area contributed by atoms with Crippen LogP contribution in [0, 0.1) is 5.92 Å². The first kappa shape index (κ1) is 22.0. The number of pyridine rings is 1. The van der Waals surface area contributed by atoms with E-state index < -0.39 is 0 Å². The maximum Gasteiger partial charge on any atom is 0.223 e. The van der Waals surface area contributed by atoms with Crippen LogP contribution < -0.4 is 10.6 Å². The molecule has 1 aliphatic heterocycles. The van der Waals surface area contributed by atoms with E-state index in [4.69, 9.17) is 0 Å². The van der Waals surface area contributed by atoms with E-state index in [2.05, 4.69) is 32.7 Å². The quantitative estimate of drug-likeness (QED) is 0.770. The second-order valence-corrected chi connectivity index (χ2v) is 7.89. The molecule has 1 aromatic carbocycles. The molecule has 30 heavy (non-hydrogen) atoms. The Labute approximate surface area is 179 Å². The lowest BCUT2D eigenvalue weighted by Gasteiger charge is -2.22. The second-order valence-electron chi connectivity index (χ2n) is 7.89. The van der Waals surface area contributed by atoms with Crippen LogP contribution in [0.5, 0.6) is 0 Å². The normalized spacial score (nSPS) is 18.8. The maximum absolute atomic E-state index is 12.7. The van der Waals surface area contributed by atoms with Gasteiger partial charge in [-0.25, -0.2) is 0 Å². The minimum atomic E-state index is -0.0676. The number of hydrogen-bond donors (Lipinski definition) is 2. The molecule has 1 atom stereocenters. The van der Waals surface area contributed by atoms with Crippen LogP contribution in [-0.2, 0) is 22.6 Å². The first-order valence-corrected chi connectivity index (χ1v) is 10.9. The van der Waals surface area contributed by atoms with E-state index in [1.54, 1.807) is 12.4 Å². The first-order valence-electron chi connectivity index (χ1n) is 10.9. The molecular formula is C24H32N4O2. The largest absolute Gasteiger partial charge is 0.356 e. The number of amides is 2. The van der Waals surface area contributed by atoms with Gasteiger partial charge < -0.3 is 10.6 Å². The van der Waals surface area contributed by atoms with Gasteiger partial charge in [0.05, 0.1) is 0 Å². The standard InChI is InChI=1S/C24H32N4O2/c29-23-12-18-28(19-21-8-13-25-14-9-21)17-4-7-22(11-16-26-23)24(30)27-15-10-20-5-2-1-3-6-20/h1-3,5-6,8-9,13-14,22H,4,7,10-12,15-19H2,(H,26,29)(H,27,30). The summed E-state index contributed by atoms with van der Waals surface area (Å²) in [6.07, 6.45) is 7.37. The molecule has 1 aliphatic rings. The molecule has 160 valence electrons. The molecule has 2 aromatic rings. The van der Waals surface area contributed by atoms with Crippen molar-refractivity contribution in [3.63, 3.8) is 0 Å². The Balaban J connectivity index is 1.51. The van der Waals surface area contributed by atoms with Gasteiger partial charge in [-0.1, -0.05) is 30.3 Å². The Kier molecular flexibility index (Phi) is 8.84. The second kappa shape index (κ2) is 12.1. The summed E-state index contributed by atoms with van der Waals surface area (Å²) in [5.41, 5.74) is 2.41. The summed E-state index contributed by atoms with van der Waals surface area (Å²) in [5, 5.41) is 6.07. The average Bonchev–Trinajstić information content (AvgIpc) is 2.81. The molecule has 1 fully saturated rings. The highest BCUT2D eigenvalue weighted by Gasteiger charge is 2.20. The molecule has 0 bridgehead atoms. The number of nitrogens with zero attached hydrogens (tertiary/aromatic N) is 2. The fraction of sp³-hybridized carbons (Fsp3) is 0.458. The van der Waals surface area contributed by atoms with Crippen molar-refractivity contribution in [2.24, 2.45) is 5.92 Å². The topological polar surface area (TPSA) is 74.3 Å². The van der Waals surface area contributed by atoms with Crippen LogP contribution in [0.15, 0.2) is 54.9 Å². The molecule has 1 unspecified atom stereocenters. The maximum atomic E-state index is 12.7. The van der Waals surface area contributed by atoms with Gasteiger partial charge in [0, 0.05) is 50.9 Å². The van der Waals surface area contributed by atoms with Crippen LogP contribution in [0.2, 0.25) is 0 Å². The number of rotatable bonds is 6. The lowest BCUT2D eigenvalue weighted by Crippen LogP contribution is -2.35. The predicted octanol–water partition coefficient (Wildman–Crippen LogP) is 2.55. The SMILES string of the molecule is O=C1CCN(Cc2ccncc2)CCCC(C(=O)NCCc2ccccc2)CCN1. The molecular weight excluding hydrogens is 376 g/mol. The van der Waals surface area contributed by atoms with Crippen molar-refractivity contribution in [2.45, 2.75) is 38.6 Å². The lowest BCUT2D eigenvalue weighted by atomic mass is 9.98. The van der Waals surface area contributed by atoms with Crippen LogP contribution in [0.4, 0.5) is 0 Å². The molecule has 6 heteroatoms. The van der Waals surface area contributed by atoms with Crippen LogP contribution in [0.1, 0.15) is 36.8 Å². The molecule has 2 N–H and O–H groups in total. The zero-order valence-corrected chi connectivity index (χ0v) is 17.6. The van der Waals surface area contributed by atoms with Crippen molar-refractivity contribution in [2.75, 3.05) is 26.2 Å². The van der Waals surface area contributed by atoms with Crippen LogP contribution in [-0.4, -0.2) is 47.9 Å². The molecule has 0 radical (unpaired) electrons. The van der Waals surface area contributed by atoms with Crippen LogP contribution in [0.3, 0.4) is 0 Å². The lowest BCUT2D eigenvalue weighted by molar-refractivity contribution is -0.126. The average molecular weight is 409 g/mol. The van der Waals surface area contributed by atoms with Gasteiger partial charge in [-0.2, -0.15) is 0 Å². The predicted molar refractivity (Wildman–Crippen MR) is 118 cm³/mol. The molecule has 1 aromatic heterocycles. The zero-order chi connectivity index (χ0) is 21.0. The number of nitrogens with one attached hydrogen (secondary N) is 2. The van der Waals surface area contributed by atoms with Gasteiger partial charge in [0.25, 0.3) is 0 Å². The van der Waals surface area contributed by atoms with Gasteiger partial charge >= 0.3 is 0 Å². The van der Waals surface area contributed by atoms with E-state index in [-0.39, 0.29) is 17.7 Å². The highest BCUT2D eigenvalue weighted by atomic mass is 16.2. The zero-order valence-electron chi connectivity index (χ0n) is 17.6. The van der Waals surface area contributed by atoms with Gasteiger partial charge in [0.15, 0.2) is 0 Å². The van der Waals surface area contributed by atoms with Crippen molar-refractivity contribution >= 4 is 11.8 Å². The Morgan fingerprint density at radius 1 is 1.07 bits per heavy atom. The Bertz CT molecular complexity index is 782. The first-order chi connectivity index (χ1) is 14.7. The minimum Gasteiger partial charge on any atom is -0.356 e. The number of carbonyl (C=O) groups excluding carboxylic acids is 2. The highest BCUT2D eigenvalue weighted by molar-refractivity contribution is 5.79. The Morgan fingerprint density at radius 3 is 2.67 bits per heavy atom. The van der Waals surface area contributed by atoms with Gasteiger partial charge in [0.1, 0.15) is 0 Å². The van der Waals surface area contributed by atoms with Crippen molar-refractivity contribution in [1.29, 1.82) is 0 Å². The number of benzene rings is 1. The molecule has 0 spiro atoms. The fourth-order valence-electron chi connectivity index (χ4n) is 3.84. The van der Waals surface area contributed by atoms with E-state index in [1.165, 1.54) is 11.1 Å². The molecule has 0 saturated carbocycles. The Hall–Kier alpha value is -2.73. The van der Waals surface area contributed by atoms with Gasteiger partial charge in [0.2, 0.25) is 11.8 Å². The van der Waals surface area contributed by atoms with Gasteiger partial charge in [-0.15, -0.1) is 0 Å². The molecule has 6 nitrogen and oxygen atoms in total. The number of carbonyl (C=O) groups is 2. The molecule has 1 saturated heterocycles. The van der Waals surface area contributed by atoms with Crippen molar-refractivity contribution < 1.29 is 9.59 Å². The van der Waals surface area contributed by atoms with E-state index in [0.29, 0.717) is 25.9 Å². The molecule has 3 rings (SSSR count). The van der Waals surface area contributed by atoms with E-state index in [9.17, 15) is 9.59 Å². The smallest absolute Gasteiger partial charge is 0.223 e. The summed E-state index contributed by atoms with van der Waals surface area (Å²) < 4.78 is 0. The third-order valence-electron chi connectivity index (χ3n) is 5.58. The van der Waals surface area contributed by atoms with Crippen molar-refractivity contribution in [3.05, 3.63) is 66.0 Å². The molecule has 2 amide bonds. The van der Waals surface area contributed by atoms with Gasteiger partial charge in [-0.05, 0) is 55.5 Å².